The maximum absolute atomic E-state index is 10.6. The lowest BCUT2D eigenvalue weighted by molar-refractivity contribution is -0.132. The summed E-state index contributed by atoms with van der Waals surface area (Å²) in [5, 5.41) is 8.74. The minimum atomic E-state index is -0.908. The van der Waals surface area contributed by atoms with Crippen molar-refractivity contribution in [1.29, 1.82) is 0 Å². The summed E-state index contributed by atoms with van der Waals surface area (Å²) in [5.74, 6) is -0.908. The van der Waals surface area contributed by atoms with Crippen LogP contribution in [-0.4, -0.2) is 35.4 Å². The number of hydrogen-bond acceptors (Lipinski definition) is 3. The summed E-state index contributed by atoms with van der Waals surface area (Å²) in [4.78, 5) is 16.6. The van der Waals surface area contributed by atoms with E-state index in [2.05, 4.69) is 11.9 Å². The fraction of sp³-hybridized carbons (Fsp3) is 0.600. The molecule has 0 aromatic carbocycles. The fourth-order valence-corrected chi connectivity index (χ4v) is 1.33. The third-order valence-corrected chi connectivity index (χ3v) is 2.11. The first-order chi connectivity index (χ1) is 6.74. The van der Waals surface area contributed by atoms with Gasteiger partial charge in [0.2, 0.25) is 0 Å². The van der Waals surface area contributed by atoms with Crippen LogP contribution in [0.1, 0.15) is 26.2 Å². The molecule has 1 N–H and O–H groups in total. The van der Waals surface area contributed by atoms with Crippen LogP contribution in [0.2, 0.25) is 0 Å². The van der Waals surface area contributed by atoms with E-state index in [1.807, 2.05) is 4.90 Å². The van der Waals surface area contributed by atoms with Crippen LogP contribution >= 0.6 is 0 Å². The van der Waals surface area contributed by atoms with E-state index < -0.39 is 5.97 Å². The maximum Gasteiger partial charge on any atom is 0.338 e. The molecule has 0 unspecified atom stereocenters. The smallest absolute Gasteiger partial charge is 0.338 e. The zero-order chi connectivity index (χ0) is 10.4. The van der Waals surface area contributed by atoms with Gasteiger partial charge in [-0.2, -0.15) is 0 Å². The third kappa shape index (κ3) is 3.20. The topological polar surface area (TPSA) is 52.9 Å². The molecule has 1 aliphatic heterocycles. The fourth-order valence-electron chi connectivity index (χ4n) is 1.33. The zero-order valence-electron chi connectivity index (χ0n) is 8.44. The van der Waals surface area contributed by atoms with Crippen LogP contribution in [0.15, 0.2) is 16.8 Å². The van der Waals surface area contributed by atoms with Gasteiger partial charge >= 0.3 is 5.97 Å². The Balaban J connectivity index is 2.41. The van der Waals surface area contributed by atoms with Gasteiger partial charge in [-0.1, -0.05) is 19.8 Å². The SMILES string of the molecule is CCCCCN1C=C(C(=O)O)C=NC1. The van der Waals surface area contributed by atoms with Gasteiger partial charge in [0.05, 0.1) is 5.57 Å². The van der Waals surface area contributed by atoms with Crippen molar-refractivity contribution in [2.75, 3.05) is 13.2 Å². The number of rotatable bonds is 5. The molecule has 0 saturated carbocycles. The van der Waals surface area contributed by atoms with Crippen molar-refractivity contribution in [3.05, 3.63) is 11.8 Å². The Morgan fingerprint density at radius 3 is 3.07 bits per heavy atom. The summed E-state index contributed by atoms with van der Waals surface area (Å²) < 4.78 is 0. The summed E-state index contributed by atoms with van der Waals surface area (Å²) >= 11 is 0. The second-order valence-electron chi connectivity index (χ2n) is 3.36. The van der Waals surface area contributed by atoms with Crippen LogP contribution in [0.3, 0.4) is 0 Å². The first-order valence-electron chi connectivity index (χ1n) is 4.93. The summed E-state index contributed by atoms with van der Waals surface area (Å²) in [6, 6.07) is 0. The van der Waals surface area contributed by atoms with E-state index in [1.54, 1.807) is 6.20 Å². The normalized spacial score (nSPS) is 15.5. The molecule has 4 nitrogen and oxygen atoms in total. The molecule has 1 aliphatic rings. The van der Waals surface area contributed by atoms with Gasteiger partial charge in [0.15, 0.2) is 0 Å². The molecule has 1 heterocycles. The van der Waals surface area contributed by atoms with Crippen molar-refractivity contribution in [3.8, 4) is 0 Å². The second kappa shape index (κ2) is 5.42. The van der Waals surface area contributed by atoms with Gasteiger partial charge in [-0.05, 0) is 6.42 Å². The monoisotopic (exact) mass is 196 g/mol. The summed E-state index contributed by atoms with van der Waals surface area (Å²) in [6.07, 6.45) is 6.53. The number of aliphatic carboxylic acids is 1. The lowest BCUT2D eigenvalue weighted by Crippen LogP contribution is -2.24. The van der Waals surface area contributed by atoms with E-state index in [4.69, 9.17) is 5.11 Å². The highest BCUT2D eigenvalue weighted by Gasteiger charge is 2.10. The average molecular weight is 196 g/mol. The van der Waals surface area contributed by atoms with Crippen molar-refractivity contribution >= 4 is 12.2 Å². The van der Waals surface area contributed by atoms with Crippen molar-refractivity contribution in [2.24, 2.45) is 4.99 Å². The van der Waals surface area contributed by atoms with Crippen LogP contribution in [-0.2, 0) is 4.79 Å². The van der Waals surface area contributed by atoms with Gasteiger partial charge in [-0.3, -0.25) is 4.99 Å². The predicted molar refractivity (Wildman–Crippen MR) is 55.3 cm³/mol. The zero-order valence-corrected chi connectivity index (χ0v) is 8.44. The number of carboxylic acid groups (broad SMARTS) is 1. The summed E-state index contributed by atoms with van der Waals surface area (Å²) in [6.45, 7) is 3.62. The highest BCUT2D eigenvalue weighted by Crippen LogP contribution is 2.05. The highest BCUT2D eigenvalue weighted by molar-refractivity contribution is 6.08. The molecule has 0 aliphatic carbocycles. The minimum Gasteiger partial charge on any atom is -0.478 e. The summed E-state index contributed by atoms with van der Waals surface area (Å²) in [7, 11) is 0. The molecule has 4 heteroatoms. The van der Waals surface area contributed by atoms with Crippen molar-refractivity contribution in [3.63, 3.8) is 0 Å². The summed E-state index contributed by atoms with van der Waals surface area (Å²) in [5.41, 5.74) is 0.271. The number of unbranched alkanes of at least 4 members (excludes halogenated alkanes) is 2. The Hall–Kier alpha value is -1.32. The molecule has 14 heavy (non-hydrogen) atoms. The molecular weight excluding hydrogens is 180 g/mol. The van der Waals surface area contributed by atoms with Gasteiger partial charge in [0.1, 0.15) is 6.67 Å². The maximum atomic E-state index is 10.6. The van der Waals surface area contributed by atoms with Crippen LogP contribution in [0.5, 0.6) is 0 Å². The Kier molecular flexibility index (Phi) is 4.16. The molecule has 0 fully saturated rings. The van der Waals surface area contributed by atoms with Gasteiger partial charge in [0.25, 0.3) is 0 Å². The van der Waals surface area contributed by atoms with E-state index in [0.29, 0.717) is 6.67 Å². The lowest BCUT2D eigenvalue weighted by atomic mass is 10.2. The lowest BCUT2D eigenvalue weighted by Gasteiger charge is -2.21. The van der Waals surface area contributed by atoms with E-state index in [0.717, 1.165) is 13.0 Å². The Morgan fingerprint density at radius 2 is 2.43 bits per heavy atom. The molecule has 1 rings (SSSR count). The van der Waals surface area contributed by atoms with E-state index in [-0.39, 0.29) is 5.57 Å². The number of carbonyl (C=O) groups is 1. The predicted octanol–water partition coefficient (Wildman–Crippen LogP) is 1.49. The third-order valence-electron chi connectivity index (χ3n) is 2.11. The largest absolute Gasteiger partial charge is 0.478 e. The Bertz CT molecular complexity index is 259. The van der Waals surface area contributed by atoms with Crippen LogP contribution in [0, 0.1) is 0 Å². The van der Waals surface area contributed by atoms with Gasteiger partial charge < -0.3 is 10.0 Å². The van der Waals surface area contributed by atoms with Crippen LogP contribution in [0.25, 0.3) is 0 Å². The Labute approximate surface area is 83.9 Å². The Morgan fingerprint density at radius 1 is 1.64 bits per heavy atom. The highest BCUT2D eigenvalue weighted by atomic mass is 16.4. The van der Waals surface area contributed by atoms with Gasteiger partial charge in [0, 0.05) is 19.0 Å². The number of carboxylic acids is 1. The van der Waals surface area contributed by atoms with E-state index in [9.17, 15) is 4.79 Å². The quantitative estimate of drug-likeness (QED) is 0.678. The first-order valence-corrected chi connectivity index (χ1v) is 4.93. The standard InChI is InChI=1S/C10H16N2O2/c1-2-3-4-5-12-7-9(10(13)14)6-11-8-12/h6-7H,2-5,8H2,1H3,(H,13,14). The molecule has 0 spiro atoms. The van der Waals surface area contributed by atoms with Crippen LogP contribution < -0.4 is 0 Å². The van der Waals surface area contributed by atoms with Crippen molar-refractivity contribution in [1.82, 2.24) is 4.90 Å². The van der Waals surface area contributed by atoms with Gasteiger partial charge in [-0.15, -0.1) is 0 Å². The number of nitrogens with zero attached hydrogens (tertiary/aromatic N) is 2. The van der Waals surface area contributed by atoms with E-state index in [1.165, 1.54) is 19.1 Å². The van der Waals surface area contributed by atoms with Crippen LogP contribution in [0.4, 0.5) is 0 Å². The second-order valence-corrected chi connectivity index (χ2v) is 3.36. The molecule has 0 aromatic rings. The molecule has 0 saturated heterocycles. The molecule has 0 amide bonds. The molecule has 0 bridgehead atoms. The minimum absolute atomic E-state index is 0.271. The first kappa shape index (κ1) is 10.8. The molecule has 0 radical (unpaired) electrons. The molecule has 0 aromatic heterocycles. The number of aliphatic imine (C=N–C) groups is 1. The van der Waals surface area contributed by atoms with Crippen molar-refractivity contribution < 1.29 is 9.90 Å². The molecule has 78 valence electrons. The van der Waals surface area contributed by atoms with E-state index >= 15 is 0 Å². The molecule has 0 atom stereocenters. The average Bonchev–Trinajstić information content (AvgIpc) is 2.19. The van der Waals surface area contributed by atoms with Gasteiger partial charge in [-0.25, -0.2) is 4.79 Å². The number of hydrogen-bond donors (Lipinski definition) is 1. The van der Waals surface area contributed by atoms with Crippen molar-refractivity contribution in [2.45, 2.75) is 26.2 Å². The molecular formula is C10H16N2O2.